The Kier molecular flexibility index (Phi) is 21.9. The summed E-state index contributed by atoms with van der Waals surface area (Å²) in [5.74, 6) is -2.41. The molecule has 0 aliphatic heterocycles. The smallest absolute Gasteiger partial charge is 0.311 e. The van der Waals surface area contributed by atoms with Gasteiger partial charge in [-0.25, -0.2) is 0 Å². The van der Waals surface area contributed by atoms with Crippen molar-refractivity contribution in [2.24, 2.45) is 0 Å². The van der Waals surface area contributed by atoms with Gasteiger partial charge in [0.15, 0.2) is 5.79 Å². The van der Waals surface area contributed by atoms with Gasteiger partial charge in [-0.05, 0) is 39.5 Å². The minimum absolute atomic E-state index is 0.149. The molecule has 4 unspecified atom stereocenters. The SMILES string of the molecule is CCCCOCC(OC(O)(COCCCC)CC(=O)OCC)C(OCCCC)C(C)OCCCC. The topological polar surface area (TPSA) is 92.7 Å². The zero-order valence-corrected chi connectivity index (χ0v) is 23.4. The second-order valence-corrected chi connectivity index (χ2v) is 9.04. The average molecular weight is 507 g/mol. The number of hydrogen-bond acceptors (Lipinski definition) is 8. The molecule has 8 heteroatoms. The third kappa shape index (κ3) is 17.3. The number of rotatable bonds is 25. The van der Waals surface area contributed by atoms with Gasteiger partial charge < -0.3 is 33.5 Å². The summed E-state index contributed by atoms with van der Waals surface area (Å²) in [6.45, 7) is 14.5. The first-order chi connectivity index (χ1) is 16.9. The molecule has 0 heterocycles. The molecule has 0 amide bonds. The number of carbonyl (C=O) groups is 1. The molecule has 0 radical (unpaired) electrons. The molecule has 0 aliphatic rings. The maximum atomic E-state index is 12.3. The van der Waals surface area contributed by atoms with Crippen LogP contribution in [0.25, 0.3) is 0 Å². The number of aliphatic hydroxyl groups is 1. The van der Waals surface area contributed by atoms with Crippen LogP contribution in [-0.2, 0) is 33.2 Å². The molecule has 0 spiro atoms. The average Bonchev–Trinajstić information content (AvgIpc) is 2.82. The highest BCUT2D eigenvalue weighted by Crippen LogP contribution is 2.23. The van der Waals surface area contributed by atoms with Crippen molar-refractivity contribution in [1.82, 2.24) is 0 Å². The van der Waals surface area contributed by atoms with E-state index in [-0.39, 0.29) is 32.3 Å². The zero-order valence-electron chi connectivity index (χ0n) is 23.4. The van der Waals surface area contributed by atoms with Gasteiger partial charge in [-0.15, -0.1) is 0 Å². The quantitative estimate of drug-likeness (QED) is 0.105. The monoisotopic (exact) mass is 506 g/mol. The van der Waals surface area contributed by atoms with Gasteiger partial charge in [0.2, 0.25) is 0 Å². The molecule has 0 aromatic heterocycles. The number of unbranched alkanes of at least 4 members (excludes halogenated alkanes) is 4. The second-order valence-electron chi connectivity index (χ2n) is 9.04. The molecule has 0 aromatic rings. The molecule has 4 atom stereocenters. The number of ether oxygens (including phenoxy) is 6. The van der Waals surface area contributed by atoms with Crippen LogP contribution in [0, 0.1) is 0 Å². The van der Waals surface area contributed by atoms with Crippen molar-refractivity contribution in [2.45, 2.75) is 123 Å². The minimum Gasteiger partial charge on any atom is -0.466 e. The Labute approximate surface area is 214 Å². The molecule has 35 heavy (non-hydrogen) atoms. The van der Waals surface area contributed by atoms with E-state index in [0.29, 0.717) is 26.4 Å². The molecular formula is C27H54O8. The Morgan fingerprint density at radius 1 is 0.800 bits per heavy atom. The summed E-state index contributed by atoms with van der Waals surface area (Å²) in [6, 6.07) is 0. The van der Waals surface area contributed by atoms with E-state index in [1.165, 1.54) is 0 Å². The van der Waals surface area contributed by atoms with Crippen LogP contribution in [0.15, 0.2) is 0 Å². The predicted octanol–water partition coefficient (Wildman–Crippen LogP) is 5.04. The van der Waals surface area contributed by atoms with Crippen molar-refractivity contribution in [3.8, 4) is 0 Å². The van der Waals surface area contributed by atoms with Gasteiger partial charge in [0.05, 0.1) is 19.3 Å². The first-order valence-corrected chi connectivity index (χ1v) is 13.8. The highest BCUT2D eigenvalue weighted by Gasteiger charge is 2.40. The fraction of sp³-hybridized carbons (Fsp3) is 0.963. The standard InChI is InChI=1S/C27H54O8/c1-7-12-16-30-21-24(26(34-19-15-10-4)23(6)33-18-14-9-3)35-27(29,20-25(28)32-11-5)22-31-17-13-8-2/h23-24,26,29H,7-22H2,1-6H3. The number of esters is 1. The molecule has 0 saturated heterocycles. The van der Waals surface area contributed by atoms with Crippen molar-refractivity contribution in [3.63, 3.8) is 0 Å². The van der Waals surface area contributed by atoms with Gasteiger partial charge in [0.25, 0.3) is 0 Å². The summed E-state index contributed by atoms with van der Waals surface area (Å²) in [6.07, 6.45) is 5.85. The van der Waals surface area contributed by atoms with E-state index in [0.717, 1.165) is 51.4 Å². The second kappa shape index (κ2) is 22.4. The first kappa shape index (κ1) is 34.2. The highest BCUT2D eigenvalue weighted by atomic mass is 16.7. The van der Waals surface area contributed by atoms with Crippen LogP contribution in [-0.4, -0.2) is 81.4 Å². The van der Waals surface area contributed by atoms with E-state index >= 15 is 0 Å². The summed E-state index contributed by atoms with van der Waals surface area (Å²) < 4.78 is 35.2. The van der Waals surface area contributed by atoms with E-state index in [2.05, 4.69) is 27.7 Å². The Bertz CT molecular complexity index is 490. The van der Waals surface area contributed by atoms with Gasteiger partial charge in [-0.2, -0.15) is 0 Å². The lowest BCUT2D eigenvalue weighted by molar-refractivity contribution is -0.288. The van der Waals surface area contributed by atoms with Crippen LogP contribution in [0.1, 0.15) is 99.3 Å². The summed E-state index contributed by atoms with van der Waals surface area (Å²) in [4.78, 5) is 12.3. The summed E-state index contributed by atoms with van der Waals surface area (Å²) in [7, 11) is 0. The Hall–Kier alpha value is -0.770. The molecule has 8 nitrogen and oxygen atoms in total. The van der Waals surface area contributed by atoms with Gasteiger partial charge >= 0.3 is 5.97 Å². The minimum atomic E-state index is -1.87. The van der Waals surface area contributed by atoms with Crippen LogP contribution in [0.4, 0.5) is 0 Å². The normalized spacial score (nSPS) is 16.0. The van der Waals surface area contributed by atoms with Crippen LogP contribution in [0.2, 0.25) is 0 Å². The van der Waals surface area contributed by atoms with Crippen molar-refractivity contribution in [2.75, 3.05) is 46.2 Å². The third-order valence-corrected chi connectivity index (χ3v) is 5.51. The van der Waals surface area contributed by atoms with E-state index in [9.17, 15) is 9.90 Å². The summed E-state index contributed by atoms with van der Waals surface area (Å²) >= 11 is 0. The van der Waals surface area contributed by atoms with Crippen LogP contribution < -0.4 is 0 Å². The molecule has 0 bridgehead atoms. The molecule has 0 saturated carbocycles. The number of carbonyl (C=O) groups excluding carboxylic acids is 1. The maximum Gasteiger partial charge on any atom is 0.311 e. The lowest BCUT2D eigenvalue weighted by atomic mass is 10.1. The fourth-order valence-electron chi connectivity index (χ4n) is 3.38. The molecular weight excluding hydrogens is 452 g/mol. The zero-order chi connectivity index (χ0) is 26.4. The lowest BCUT2D eigenvalue weighted by Gasteiger charge is -2.37. The van der Waals surface area contributed by atoms with Gasteiger partial charge in [0.1, 0.15) is 25.2 Å². The van der Waals surface area contributed by atoms with Crippen molar-refractivity contribution < 1.29 is 38.3 Å². The molecule has 1 N–H and O–H groups in total. The van der Waals surface area contributed by atoms with E-state index in [4.69, 9.17) is 28.4 Å². The third-order valence-electron chi connectivity index (χ3n) is 5.51. The Morgan fingerprint density at radius 2 is 1.34 bits per heavy atom. The van der Waals surface area contributed by atoms with Crippen molar-refractivity contribution in [3.05, 3.63) is 0 Å². The maximum absolute atomic E-state index is 12.3. The molecule has 0 aliphatic carbocycles. The largest absolute Gasteiger partial charge is 0.466 e. The summed E-state index contributed by atoms with van der Waals surface area (Å²) in [5.41, 5.74) is 0. The fourth-order valence-corrected chi connectivity index (χ4v) is 3.38. The Balaban J connectivity index is 5.72. The lowest BCUT2D eigenvalue weighted by Crippen LogP contribution is -2.52. The first-order valence-electron chi connectivity index (χ1n) is 13.8. The van der Waals surface area contributed by atoms with E-state index in [1.54, 1.807) is 6.92 Å². The molecule has 0 aromatic carbocycles. The summed E-state index contributed by atoms with van der Waals surface area (Å²) in [5, 5.41) is 11.4. The Morgan fingerprint density at radius 3 is 1.91 bits per heavy atom. The predicted molar refractivity (Wildman–Crippen MR) is 137 cm³/mol. The van der Waals surface area contributed by atoms with Gasteiger partial charge in [-0.3, -0.25) is 4.79 Å². The van der Waals surface area contributed by atoms with Crippen LogP contribution >= 0.6 is 0 Å². The molecule has 0 fully saturated rings. The molecule has 0 rings (SSSR count). The highest BCUT2D eigenvalue weighted by molar-refractivity contribution is 5.70. The molecule has 210 valence electrons. The van der Waals surface area contributed by atoms with Crippen molar-refractivity contribution in [1.29, 1.82) is 0 Å². The van der Waals surface area contributed by atoms with Crippen molar-refractivity contribution >= 4 is 5.97 Å². The van der Waals surface area contributed by atoms with Gasteiger partial charge in [-0.1, -0.05) is 53.4 Å². The van der Waals surface area contributed by atoms with Gasteiger partial charge in [0, 0.05) is 26.4 Å². The number of hydrogen-bond donors (Lipinski definition) is 1. The van der Waals surface area contributed by atoms with Crippen LogP contribution in [0.3, 0.4) is 0 Å². The van der Waals surface area contributed by atoms with Crippen LogP contribution in [0.5, 0.6) is 0 Å². The van der Waals surface area contributed by atoms with E-state index in [1.807, 2.05) is 6.92 Å². The van der Waals surface area contributed by atoms with E-state index < -0.39 is 24.0 Å².